The molecule has 2 N–H and O–H groups in total. The van der Waals surface area contributed by atoms with Gasteiger partial charge in [0.15, 0.2) is 11.8 Å². The molecule has 0 bridgehead atoms. The first-order chi connectivity index (χ1) is 12.2. The lowest BCUT2D eigenvalue weighted by molar-refractivity contribution is 0.572. The van der Waals surface area contributed by atoms with E-state index in [-0.39, 0.29) is 0 Å². The normalized spacial score (nSPS) is 11.6. The van der Waals surface area contributed by atoms with Gasteiger partial charge in [-0.1, -0.05) is 17.7 Å². The molecular formula is C17H21N7O. The summed E-state index contributed by atoms with van der Waals surface area (Å²) in [6.07, 6.45) is 3.31. The van der Waals surface area contributed by atoms with Crippen molar-refractivity contribution in [1.82, 2.24) is 30.4 Å². The Kier molecular flexibility index (Phi) is 5.08. The van der Waals surface area contributed by atoms with Gasteiger partial charge in [-0.25, -0.2) is 4.98 Å². The highest BCUT2D eigenvalue weighted by Gasteiger charge is 2.08. The number of oxazole rings is 1. The second kappa shape index (κ2) is 7.61. The van der Waals surface area contributed by atoms with E-state index in [1.54, 1.807) is 19.6 Å². The molecule has 0 aliphatic rings. The first-order valence-corrected chi connectivity index (χ1v) is 7.94. The molecule has 0 aliphatic carbocycles. The lowest BCUT2D eigenvalue weighted by Crippen LogP contribution is -2.37. The van der Waals surface area contributed by atoms with Gasteiger partial charge in [-0.15, -0.1) is 10.2 Å². The molecule has 0 saturated carbocycles. The zero-order valence-electron chi connectivity index (χ0n) is 14.5. The van der Waals surface area contributed by atoms with Crippen LogP contribution in [0.3, 0.4) is 0 Å². The maximum Gasteiger partial charge on any atom is 0.226 e. The minimum Gasteiger partial charge on any atom is -0.444 e. The van der Waals surface area contributed by atoms with Gasteiger partial charge in [0.05, 0.1) is 18.8 Å². The maximum atomic E-state index is 5.56. The summed E-state index contributed by atoms with van der Waals surface area (Å²) in [5, 5.41) is 14.3. The van der Waals surface area contributed by atoms with Gasteiger partial charge in [0, 0.05) is 19.7 Å². The summed E-state index contributed by atoms with van der Waals surface area (Å²) in [7, 11) is 3.61. The van der Waals surface area contributed by atoms with E-state index < -0.39 is 0 Å². The highest BCUT2D eigenvalue weighted by molar-refractivity contribution is 5.79. The lowest BCUT2D eigenvalue weighted by Gasteiger charge is -2.10. The number of hydrogen-bond acceptors (Lipinski definition) is 5. The molecule has 3 rings (SSSR count). The van der Waals surface area contributed by atoms with E-state index in [4.69, 9.17) is 4.42 Å². The Morgan fingerprint density at radius 2 is 1.96 bits per heavy atom. The maximum absolute atomic E-state index is 5.56. The Hall–Kier alpha value is -3.16. The van der Waals surface area contributed by atoms with Crippen LogP contribution in [0.5, 0.6) is 0 Å². The van der Waals surface area contributed by atoms with Crippen molar-refractivity contribution in [2.24, 2.45) is 12.0 Å². The fraction of sp³-hybridized carbons (Fsp3) is 0.294. The summed E-state index contributed by atoms with van der Waals surface area (Å²) in [6, 6.07) is 8.07. The molecule has 0 fully saturated rings. The monoisotopic (exact) mass is 339 g/mol. The third-order valence-corrected chi connectivity index (χ3v) is 3.73. The average molecular weight is 339 g/mol. The average Bonchev–Trinajstić information content (AvgIpc) is 3.25. The lowest BCUT2D eigenvalue weighted by atomic mass is 10.1. The molecule has 8 heteroatoms. The topological polar surface area (TPSA) is 93.2 Å². The summed E-state index contributed by atoms with van der Waals surface area (Å²) in [4.78, 5) is 8.69. The van der Waals surface area contributed by atoms with E-state index in [1.807, 2.05) is 42.8 Å². The molecule has 8 nitrogen and oxygen atoms in total. The second-order valence-corrected chi connectivity index (χ2v) is 5.65. The molecule has 0 amide bonds. The van der Waals surface area contributed by atoms with E-state index in [0.717, 1.165) is 17.1 Å². The third kappa shape index (κ3) is 4.23. The Balaban J connectivity index is 1.55. The zero-order chi connectivity index (χ0) is 17.6. The zero-order valence-corrected chi connectivity index (χ0v) is 14.5. The van der Waals surface area contributed by atoms with E-state index in [1.165, 1.54) is 5.56 Å². The summed E-state index contributed by atoms with van der Waals surface area (Å²) in [6.45, 7) is 3.09. The van der Waals surface area contributed by atoms with Crippen LogP contribution in [-0.4, -0.2) is 32.8 Å². The van der Waals surface area contributed by atoms with Crippen molar-refractivity contribution in [2.75, 3.05) is 7.05 Å². The number of nitrogens with one attached hydrogen (secondary N) is 2. The standard InChI is InChI=1S/C17H21N7O/c1-12-4-6-13(7-5-12)16-22-14(10-25-16)8-19-17(18-2)20-9-15-23-21-11-24(15)3/h4-7,10-11H,8-9H2,1-3H3,(H2,18,19,20). The number of rotatable bonds is 5. The predicted molar refractivity (Wildman–Crippen MR) is 94.7 cm³/mol. The van der Waals surface area contributed by atoms with Crippen LogP contribution < -0.4 is 10.6 Å². The van der Waals surface area contributed by atoms with Crippen LogP contribution in [0, 0.1) is 6.92 Å². The SMILES string of the molecule is CN=C(NCc1coc(-c2ccc(C)cc2)n1)NCc1nncn1C. The Morgan fingerprint density at radius 3 is 2.64 bits per heavy atom. The van der Waals surface area contributed by atoms with Crippen molar-refractivity contribution >= 4 is 5.96 Å². The number of benzene rings is 1. The second-order valence-electron chi connectivity index (χ2n) is 5.65. The van der Waals surface area contributed by atoms with Crippen molar-refractivity contribution in [3.63, 3.8) is 0 Å². The van der Waals surface area contributed by atoms with E-state index in [9.17, 15) is 0 Å². The smallest absolute Gasteiger partial charge is 0.226 e. The molecule has 3 aromatic rings. The van der Waals surface area contributed by atoms with Crippen LogP contribution in [0.4, 0.5) is 0 Å². The van der Waals surface area contributed by atoms with Crippen molar-refractivity contribution in [1.29, 1.82) is 0 Å². The van der Waals surface area contributed by atoms with Crippen LogP contribution in [0.2, 0.25) is 0 Å². The molecule has 0 spiro atoms. The van der Waals surface area contributed by atoms with Gasteiger partial charge >= 0.3 is 0 Å². The summed E-state index contributed by atoms with van der Waals surface area (Å²) in [5.41, 5.74) is 2.97. The van der Waals surface area contributed by atoms with Crippen molar-refractivity contribution in [3.05, 3.63) is 53.9 Å². The number of aliphatic imine (C=N–C) groups is 1. The molecule has 25 heavy (non-hydrogen) atoms. The Labute approximate surface area is 146 Å². The summed E-state index contributed by atoms with van der Waals surface area (Å²) in [5.74, 6) is 2.09. The highest BCUT2D eigenvalue weighted by Crippen LogP contribution is 2.18. The first kappa shape index (κ1) is 16.7. The van der Waals surface area contributed by atoms with Gasteiger partial charge in [-0.05, 0) is 19.1 Å². The minimum atomic E-state index is 0.508. The van der Waals surface area contributed by atoms with Crippen molar-refractivity contribution in [2.45, 2.75) is 20.0 Å². The molecule has 2 heterocycles. The highest BCUT2D eigenvalue weighted by atomic mass is 16.3. The van der Waals surface area contributed by atoms with Crippen LogP contribution in [0.15, 0.2) is 46.3 Å². The first-order valence-electron chi connectivity index (χ1n) is 7.94. The van der Waals surface area contributed by atoms with E-state index in [0.29, 0.717) is 24.9 Å². The van der Waals surface area contributed by atoms with Gasteiger partial charge in [0.2, 0.25) is 5.89 Å². The molecule has 0 radical (unpaired) electrons. The summed E-state index contributed by atoms with van der Waals surface area (Å²) >= 11 is 0. The third-order valence-electron chi connectivity index (χ3n) is 3.73. The van der Waals surface area contributed by atoms with Crippen molar-refractivity contribution < 1.29 is 4.42 Å². The molecule has 0 unspecified atom stereocenters. The fourth-order valence-corrected chi connectivity index (χ4v) is 2.24. The molecule has 0 aliphatic heterocycles. The summed E-state index contributed by atoms with van der Waals surface area (Å²) < 4.78 is 7.41. The van der Waals surface area contributed by atoms with Crippen LogP contribution in [0.1, 0.15) is 17.1 Å². The molecule has 0 saturated heterocycles. The van der Waals surface area contributed by atoms with Crippen LogP contribution in [-0.2, 0) is 20.1 Å². The largest absolute Gasteiger partial charge is 0.444 e. The molecular weight excluding hydrogens is 318 g/mol. The van der Waals surface area contributed by atoms with E-state index >= 15 is 0 Å². The van der Waals surface area contributed by atoms with Gasteiger partial charge in [-0.3, -0.25) is 4.99 Å². The number of hydrogen-bond donors (Lipinski definition) is 2. The predicted octanol–water partition coefficient (Wildman–Crippen LogP) is 1.64. The van der Waals surface area contributed by atoms with Gasteiger partial charge in [0.25, 0.3) is 0 Å². The number of aromatic nitrogens is 4. The Morgan fingerprint density at radius 1 is 1.20 bits per heavy atom. The number of aryl methyl sites for hydroxylation is 2. The fourth-order valence-electron chi connectivity index (χ4n) is 2.24. The number of nitrogens with zero attached hydrogens (tertiary/aromatic N) is 5. The number of guanidine groups is 1. The quantitative estimate of drug-likeness (QED) is 0.542. The van der Waals surface area contributed by atoms with Crippen LogP contribution >= 0.6 is 0 Å². The molecule has 2 aromatic heterocycles. The molecule has 0 atom stereocenters. The Bertz CT molecular complexity index is 848. The molecule has 1 aromatic carbocycles. The van der Waals surface area contributed by atoms with Gasteiger partial charge in [-0.2, -0.15) is 0 Å². The van der Waals surface area contributed by atoms with Gasteiger partial charge < -0.3 is 19.6 Å². The van der Waals surface area contributed by atoms with Crippen LogP contribution in [0.25, 0.3) is 11.5 Å². The van der Waals surface area contributed by atoms with Gasteiger partial charge in [0.1, 0.15) is 12.6 Å². The molecule has 130 valence electrons. The minimum absolute atomic E-state index is 0.508. The van der Waals surface area contributed by atoms with E-state index in [2.05, 4.69) is 30.8 Å². The van der Waals surface area contributed by atoms with Crippen molar-refractivity contribution in [3.8, 4) is 11.5 Å².